The van der Waals surface area contributed by atoms with Gasteiger partial charge in [0.15, 0.2) is 6.10 Å². The summed E-state index contributed by atoms with van der Waals surface area (Å²) in [6.07, 6.45) is 3.32. The lowest BCUT2D eigenvalue weighted by Crippen LogP contribution is -2.23. The Morgan fingerprint density at radius 3 is 2.83 bits per heavy atom. The van der Waals surface area contributed by atoms with E-state index in [2.05, 4.69) is 0 Å². The molecule has 0 aromatic rings. The lowest BCUT2D eigenvalue weighted by molar-refractivity contribution is -0.141. The van der Waals surface area contributed by atoms with Gasteiger partial charge in [-0.2, -0.15) is 0 Å². The monoisotopic (exact) mass is 168 g/mol. The zero-order valence-electron chi connectivity index (χ0n) is 7.15. The van der Waals surface area contributed by atoms with Crippen LogP contribution < -0.4 is 0 Å². The average molecular weight is 168 g/mol. The number of allylic oxidation sites excluding steroid dienone is 1. The minimum absolute atomic E-state index is 0.388. The third-order valence-electron chi connectivity index (χ3n) is 1.51. The predicted octanol–water partition coefficient (Wildman–Crippen LogP) is 0.795. The Kier molecular flexibility index (Phi) is 2.65. The average Bonchev–Trinajstić information content (AvgIpc) is 2.34. The SMILES string of the molecule is CC(C)=C[C@H](O)[C@@H]1C=CC(=O)O1. The first-order valence-electron chi connectivity index (χ1n) is 3.81. The maximum atomic E-state index is 10.6. The number of hydrogen-bond acceptors (Lipinski definition) is 3. The van der Waals surface area contributed by atoms with Gasteiger partial charge in [0, 0.05) is 6.08 Å². The van der Waals surface area contributed by atoms with Crippen molar-refractivity contribution in [3.63, 3.8) is 0 Å². The molecule has 0 aliphatic carbocycles. The lowest BCUT2D eigenvalue weighted by Gasteiger charge is -2.12. The molecule has 0 fully saturated rings. The van der Waals surface area contributed by atoms with E-state index in [1.54, 1.807) is 12.2 Å². The number of ether oxygens (including phenoxy) is 1. The van der Waals surface area contributed by atoms with Crippen LogP contribution in [0.5, 0.6) is 0 Å². The van der Waals surface area contributed by atoms with Gasteiger partial charge < -0.3 is 9.84 Å². The fourth-order valence-electron chi connectivity index (χ4n) is 1.01. The molecule has 1 rings (SSSR count). The van der Waals surface area contributed by atoms with E-state index < -0.39 is 12.2 Å². The molecule has 0 radical (unpaired) electrons. The molecular formula is C9H12O3. The Labute approximate surface area is 71.3 Å². The quantitative estimate of drug-likeness (QED) is 0.490. The van der Waals surface area contributed by atoms with E-state index in [0.717, 1.165) is 5.57 Å². The summed E-state index contributed by atoms with van der Waals surface area (Å²) in [5, 5.41) is 9.43. The van der Waals surface area contributed by atoms with Gasteiger partial charge in [0.25, 0.3) is 0 Å². The highest BCUT2D eigenvalue weighted by Gasteiger charge is 2.22. The number of esters is 1. The number of rotatable bonds is 2. The summed E-state index contributed by atoms with van der Waals surface area (Å²) in [5.41, 5.74) is 0.999. The lowest BCUT2D eigenvalue weighted by atomic mass is 10.1. The second kappa shape index (κ2) is 3.54. The number of cyclic esters (lactones) is 1. The van der Waals surface area contributed by atoms with Gasteiger partial charge in [-0.05, 0) is 19.9 Å². The van der Waals surface area contributed by atoms with Crippen LogP contribution in [-0.4, -0.2) is 23.3 Å². The summed E-state index contributed by atoms with van der Waals surface area (Å²) in [4.78, 5) is 10.6. The van der Waals surface area contributed by atoms with E-state index in [1.807, 2.05) is 13.8 Å². The molecule has 0 unspecified atom stereocenters. The number of carbonyl (C=O) groups is 1. The van der Waals surface area contributed by atoms with Crippen molar-refractivity contribution in [3.8, 4) is 0 Å². The van der Waals surface area contributed by atoms with Gasteiger partial charge in [-0.25, -0.2) is 4.79 Å². The highest BCUT2D eigenvalue weighted by molar-refractivity contribution is 5.84. The zero-order chi connectivity index (χ0) is 9.14. The van der Waals surface area contributed by atoms with Gasteiger partial charge in [0.2, 0.25) is 0 Å². The molecule has 0 aromatic heterocycles. The molecule has 1 aliphatic rings. The topological polar surface area (TPSA) is 46.5 Å². The van der Waals surface area contributed by atoms with Crippen molar-refractivity contribution in [1.29, 1.82) is 0 Å². The minimum atomic E-state index is -0.724. The molecule has 0 saturated heterocycles. The summed E-state index contributed by atoms with van der Waals surface area (Å²) in [5.74, 6) is -0.388. The van der Waals surface area contributed by atoms with Gasteiger partial charge in [-0.15, -0.1) is 0 Å². The normalized spacial score (nSPS) is 23.6. The highest BCUT2D eigenvalue weighted by Crippen LogP contribution is 2.11. The summed E-state index contributed by atoms with van der Waals surface area (Å²) in [6, 6.07) is 0. The molecule has 0 amide bonds. The van der Waals surface area contributed by atoms with Gasteiger partial charge >= 0.3 is 5.97 Å². The molecule has 0 aromatic carbocycles. The van der Waals surface area contributed by atoms with Crippen molar-refractivity contribution in [2.75, 3.05) is 0 Å². The van der Waals surface area contributed by atoms with Crippen LogP contribution in [0.1, 0.15) is 13.8 Å². The van der Waals surface area contributed by atoms with Crippen LogP contribution in [0.3, 0.4) is 0 Å². The van der Waals surface area contributed by atoms with E-state index in [4.69, 9.17) is 4.74 Å². The van der Waals surface area contributed by atoms with Crippen LogP contribution in [0.15, 0.2) is 23.8 Å². The van der Waals surface area contributed by atoms with Crippen molar-refractivity contribution in [1.82, 2.24) is 0 Å². The number of carbonyl (C=O) groups excluding carboxylic acids is 1. The standard InChI is InChI=1S/C9H12O3/c1-6(2)5-7(10)8-3-4-9(11)12-8/h3-5,7-8,10H,1-2H3/t7-,8-/m0/s1. The zero-order valence-corrected chi connectivity index (χ0v) is 7.15. The maximum absolute atomic E-state index is 10.6. The Balaban J connectivity index is 2.55. The molecule has 1 aliphatic heterocycles. The first kappa shape index (κ1) is 9.00. The Morgan fingerprint density at radius 2 is 2.42 bits per heavy atom. The van der Waals surface area contributed by atoms with Crippen LogP contribution in [0, 0.1) is 0 Å². The van der Waals surface area contributed by atoms with Gasteiger partial charge in [-0.3, -0.25) is 0 Å². The molecular weight excluding hydrogens is 156 g/mol. The third kappa shape index (κ3) is 2.20. The van der Waals surface area contributed by atoms with Gasteiger partial charge in [-0.1, -0.05) is 11.6 Å². The fraction of sp³-hybridized carbons (Fsp3) is 0.444. The molecule has 3 heteroatoms. The van der Waals surface area contributed by atoms with E-state index in [-0.39, 0.29) is 5.97 Å². The molecule has 1 N–H and O–H groups in total. The molecule has 3 nitrogen and oxygen atoms in total. The minimum Gasteiger partial charge on any atom is -0.452 e. The molecule has 0 spiro atoms. The van der Waals surface area contributed by atoms with Crippen molar-refractivity contribution in [3.05, 3.63) is 23.8 Å². The van der Waals surface area contributed by atoms with Crippen molar-refractivity contribution < 1.29 is 14.6 Å². The maximum Gasteiger partial charge on any atom is 0.331 e. The van der Waals surface area contributed by atoms with Crippen molar-refractivity contribution >= 4 is 5.97 Å². The summed E-state index contributed by atoms with van der Waals surface area (Å²) >= 11 is 0. The molecule has 1 heterocycles. The van der Waals surface area contributed by atoms with Crippen LogP contribution in [0.2, 0.25) is 0 Å². The van der Waals surface area contributed by atoms with E-state index in [9.17, 15) is 9.90 Å². The third-order valence-corrected chi connectivity index (χ3v) is 1.51. The van der Waals surface area contributed by atoms with E-state index in [0.29, 0.717) is 0 Å². The highest BCUT2D eigenvalue weighted by atomic mass is 16.6. The van der Waals surface area contributed by atoms with Crippen LogP contribution >= 0.6 is 0 Å². The molecule has 0 saturated carbocycles. The first-order valence-corrected chi connectivity index (χ1v) is 3.81. The Hall–Kier alpha value is -1.09. The van der Waals surface area contributed by atoms with Gasteiger partial charge in [0.1, 0.15) is 6.10 Å². The fourth-order valence-corrected chi connectivity index (χ4v) is 1.01. The Bertz CT molecular complexity index is 236. The summed E-state index contributed by atoms with van der Waals surface area (Å²) in [7, 11) is 0. The van der Waals surface area contributed by atoms with Crippen LogP contribution in [0.4, 0.5) is 0 Å². The van der Waals surface area contributed by atoms with Crippen molar-refractivity contribution in [2.45, 2.75) is 26.1 Å². The Morgan fingerprint density at radius 1 is 1.75 bits per heavy atom. The number of aliphatic hydroxyl groups is 1. The smallest absolute Gasteiger partial charge is 0.331 e. The predicted molar refractivity (Wildman–Crippen MR) is 44.5 cm³/mol. The second-order valence-corrected chi connectivity index (χ2v) is 3.00. The summed E-state index contributed by atoms with van der Waals surface area (Å²) in [6.45, 7) is 3.76. The summed E-state index contributed by atoms with van der Waals surface area (Å²) < 4.78 is 4.78. The van der Waals surface area contributed by atoms with Crippen LogP contribution in [0.25, 0.3) is 0 Å². The van der Waals surface area contributed by atoms with E-state index in [1.165, 1.54) is 6.08 Å². The van der Waals surface area contributed by atoms with E-state index >= 15 is 0 Å². The molecule has 12 heavy (non-hydrogen) atoms. The number of aliphatic hydroxyl groups excluding tert-OH is 1. The molecule has 0 bridgehead atoms. The molecule has 2 atom stereocenters. The van der Waals surface area contributed by atoms with Crippen molar-refractivity contribution in [2.24, 2.45) is 0 Å². The van der Waals surface area contributed by atoms with Gasteiger partial charge in [0.05, 0.1) is 0 Å². The first-order chi connectivity index (χ1) is 5.59. The van der Waals surface area contributed by atoms with Crippen LogP contribution in [-0.2, 0) is 9.53 Å². The molecule has 66 valence electrons. The number of hydrogen-bond donors (Lipinski definition) is 1. The largest absolute Gasteiger partial charge is 0.452 e. The second-order valence-electron chi connectivity index (χ2n) is 3.00.